The molecule has 1 aromatic carbocycles. The molecular weight excluding hydrogens is 364 g/mol. The zero-order valence-corrected chi connectivity index (χ0v) is 16.5. The van der Waals surface area contributed by atoms with Crippen molar-refractivity contribution in [3.63, 3.8) is 0 Å². The first kappa shape index (κ1) is 17.5. The van der Waals surface area contributed by atoms with Crippen molar-refractivity contribution in [1.82, 2.24) is 9.55 Å². The molecule has 1 N–H and O–H groups in total. The fourth-order valence-electron chi connectivity index (χ4n) is 3.68. The van der Waals surface area contributed by atoms with Crippen LogP contribution in [-0.4, -0.2) is 16.2 Å². The molecule has 2 aromatic heterocycles. The van der Waals surface area contributed by atoms with E-state index in [0.29, 0.717) is 11.4 Å². The van der Waals surface area contributed by atoms with E-state index in [1.807, 2.05) is 31.2 Å². The molecule has 0 fully saturated rings. The van der Waals surface area contributed by atoms with Crippen molar-refractivity contribution < 1.29 is 4.74 Å². The van der Waals surface area contributed by atoms with E-state index in [2.05, 4.69) is 4.98 Å². The molecule has 0 spiro atoms. The van der Waals surface area contributed by atoms with Gasteiger partial charge in [-0.1, -0.05) is 12.8 Å². The van der Waals surface area contributed by atoms with E-state index in [9.17, 15) is 4.79 Å². The predicted molar refractivity (Wildman–Crippen MR) is 110 cm³/mol. The Morgan fingerprint density at radius 1 is 1.15 bits per heavy atom. The minimum Gasteiger partial charge on any atom is -0.494 e. The van der Waals surface area contributed by atoms with Crippen LogP contribution >= 0.6 is 23.6 Å². The van der Waals surface area contributed by atoms with Crippen molar-refractivity contribution in [1.29, 1.82) is 0 Å². The maximum Gasteiger partial charge on any atom is 0.267 e. The Balaban J connectivity index is 1.89. The number of ether oxygens (including phenoxy) is 1. The number of H-pyrrole nitrogens is 1. The molecule has 4 rings (SSSR count). The molecule has 0 atom stereocenters. The van der Waals surface area contributed by atoms with E-state index >= 15 is 0 Å². The molecule has 4 nitrogen and oxygen atoms in total. The SMILES string of the molecule is CCOc1ccc(-n2c(=S)[nH]c3sc4c(c3c2=O)CCCCCC4)cc1. The van der Waals surface area contributed by atoms with Crippen molar-refractivity contribution in [3.8, 4) is 11.4 Å². The Kier molecular flexibility index (Phi) is 4.96. The highest BCUT2D eigenvalue weighted by atomic mass is 32.1. The van der Waals surface area contributed by atoms with Gasteiger partial charge in [-0.2, -0.15) is 0 Å². The highest BCUT2D eigenvalue weighted by Gasteiger charge is 2.19. The summed E-state index contributed by atoms with van der Waals surface area (Å²) in [5.74, 6) is 0.793. The molecule has 0 bridgehead atoms. The van der Waals surface area contributed by atoms with E-state index in [1.54, 1.807) is 15.9 Å². The lowest BCUT2D eigenvalue weighted by Crippen LogP contribution is -2.20. The third kappa shape index (κ3) is 3.12. The summed E-state index contributed by atoms with van der Waals surface area (Å²) in [6.07, 6.45) is 6.92. The Hall–Kier alpha value is -1.92. The van der Waals surface area contributed by atoms with E-state index < -0.39 is 0 Å². The minimum atomic E-state index is -0.00835. The lowest BCUT2D eigenvalue weighted by Gasteiger charge is -2.10. The van der Waals surface area contributed by atoms with Gasteiger partial charge in [0.2, 0.25) is 0 Å². The molecule has 2 heterocycles. The second-order valence-corrected chi connectivity index (χ2v) is 8.11. The number of rotatable bonds is 3. The number of hydrogen-bond acceptors (Lipinski definition) is 4. The molecule has 1 aliphatic carbocycles. The van der Waals surface area contributed by atoms with E-state index in [1.165, 1.54) is 29.7 Å². The van der Waals surface area contributed by atoms with Gasteiger partial charge in [0.15, 0.2) is 4.77 Å². The normalized spacial score (nSPS) is 14.7. The number of hydrogen-bond donors (Lipinski definition) is 1. The topological polar surface area (TPSA) is 47.0 Å². The average molecular weight is 387 g/mol. The summed E-state index contributed by atoms with van der Waals surface area (Å²) in [5, 5.41) is 0.828. The zero-order chi connectivity index (χ0) is 18.1. The lowest BCUT2D eigenvalue weighted by atomic mass is 9.98. The van der Waals surface area contributed by atoms with Crippen LogP contribution in [0.3, 0.4) is 0 Å². The summed E-state index contributed by atoms with van der Waals surface area (Å²) in [6.45, 7) is 2.57. The van der Waals surface area contributed by atoms with Gasteiger partial charge in [0.1, 0.15) is 10.6 Å². The molecule has 1 aliphatic rings. The van der Waals surface area contributed by atoms with Crippen molar-refractivity contribution >= 4 is 33.8 Å². The van der Waals surface area contributed by atoms with Crippen LogP contribution in [0.25, 0.3) is 15.9 Å². The fraction of sp³-hybridized carbons (Fsp3) is 0.400. The van der Waals surface area contributed by atoms with Crippen LogP contribution in [0.1, 0.15) is 43.0 Å². The molecule has 0 amide bonds. The zero-order valence-electron chi connectivity index (χ0n) is 14.8. The van der Waals surface area contributed by atoms with Crippen molar-refractivity contribution in [2.24, 2.45) is 0 Å². The van der Waals surface area contributed by atoms with Gasteiger partial charge in [-0.3, -0.25) is 9.36 Å². The Bertz CT molecular complexity index is 1040. The molecule has 0 aliphatic heterocycles. The van der Waals surface area contributed by atoms with Gasteiger partial charge in [-0.25, -0.2) is 0 Å². The van der Waals surface area contributed by atoms with E-state index in [-0.39, 0.29) is 5.56 Å². The molecule has 26 heavy (non-hydrogen) atoms. The second-order valence-electron chi connectivity index (χ2n) is 6.62. The third-order valence-electron chi connectivity index (χ3n) is 4.92. The maximum atomic E-state index is 13.3. The fourth-order valence-corrected chi connectivity index (χ4v) is 5.32. The summed E-state index contributed by atoms with van der Waals surface area (Å²) >= 11 is 7.22. The Labute approximate surface area is 161 Å². The number of fused-ring (bicyclic) bond motifs is 3. The van der Waals surface area contributed by atoms with Crippen molar-refractivity contribution in [2.45, 2.75) is 45.4 Å². The summed E-state index contributed by atoms with van der Waals surface area (Å²) in [4.78, 5) is 18.9. The highest BCUT2D eigenvalue weighted by Crippen LogP contribution is 2.32. The van der Waals surface area contributed by atoms with Gasteiger partial charge in [0, 0.05) is 4.88 Å². The van der Waals surface area contributed by atoms with Gasteiger partial charge >= 0.3 is 0 Å². The molecule has 0 radical (unpaired) electrons. The first-order valence-corrected chi connectivity index (χ1v) is 10.4. The summed E-state index contributed by atoms with van der Waals surface area (Å²) < 4.78 is 7.55. The van der Waals surface area contributed by atoms with E-state index in [4.69, 9.17) is 17.0 Å². The number of aromatic nitrogens is 2. The number of aryl methyl sites for hydroxylation is 2. The average Bonchev–Trinajstić information content (AvgIpc) is 2.93. The molecule has 0 unspecified atom stereocenters. The van der Waals surface area contributed by atoms with E-state index in [0.717, 1.165) is 40.9 Å². The molecule has 0 saturated heterocycles. The van der Waals surface area contributed by atoms with Crippen LogP contribution in [0, 0.1) is 4.77 Å². The molecule has 0 saturated carbocycles. The van der Waals surface area contributed by atoms with Crippen LogP contribution < -0.4 is 10.3 Å². The standard InChI is InChI=1S/C20H22N2O2S2/c1-2-24-14-11-9-13(10-12-14)22-19(23)17-15-7-5-3-4-6-8-16(15)26-18(17)21-20(22)25/h9-12H,2-8H2,1H3,(H,21,25). The molecular formula is C20H22N2O2S2. The Morgan fingerprint density at radius 2 is 1.88 bits per heavy atom. The largest absolute Gasteiger partial charge is 0.494 e. The molecule has 3 aromatic rings. The number of nitrogens with zero attached hydrogens (tertiary/aromatic N) is 1. The second kappa shape index (κ2) is 7.37. The monoisotopic (exact) mass is 386 g/mol. The first-order valence-electron chi connectivity index (χ1n) is 9.22. The summed E-state index contributed by atoms with van der Waals surface area (Å²) in [6, 6.07) is 7.53. The number of benzene rings is 1. The third-order valence-corrected chi connectivity index (χ3v) is 6.41. The van der Waals surface area contributed by atoms with Gasteiger partial charge in [-0.15, -0.1) is 11.3 Å². The van der Waals surface area contributed by atoms with Crippen LogP contribution in [0.2, 0.25) is 0 Å². The van der Waals surface area contributed by atoms with Crippen LogP contribution in [-0.2, 0) is 12.8 Å². The van der Waals surface area contributed by atoms with Gasteiger partial charge < -0.3 is 9.72 Å². The van der Waals surface area contributed by atoms with Crippen LogP contribution in [0.4, 0.5) is 0 Å². The van der Waals surface area contributed by atoms with Crippen molar-refractivity contribution in [3.05, 3.63) is 49.8 Å². The number of thiophene rings is 1. The smallest absolute Gasteiger partial charge is 0.267 e. The van der Waals surface area contributed by atoms with Gasteiger partial charge in [0.25, 0.3) is 5.56 Å². The Morgan fingerprint density at radius 3 is 2.62 bits per heavy atom. The first-order chi connectivity index (χ1) is 12.7. The molecule has 6 heteroatoms. The van der Waals surface area contributed by atoms with Crippen LogP contribution in [0.15, 0.2) is 29.1 Å². The van der Waals surface area contributed by atoms with Gasteiger partial charge in [0.05, 0.1) is 17.7 Å². The molecule has 136 valence electrons. The van der Waals surface area contributed by atoms with Crippen molar-refractivity contribution in [2.75, 3.05) is 6.61 Å². The lowest BCUT2D eigenvalue weighted by molar-refractivity contribution is 0.340. The number of aromatic amines is 1. The predicted octanol–water partition coefficient (Wildman–Crippen LogP) is 5.17. The highest BCUT2D eigenvalue weighted by molar-refractivity contribution is 7.71. The number of nitrogens with one attached hydrogen (secondary N) is 1. The van der Waals surface area contributed by atoms with Crippen LogP contribution in [0.5, 0.6) is 5.75 Å². The van der Waals surface area contributed by atoms with Gasteiger partial charge in [-0.05, 0) is 74.7 Å². The minimum absolute atomic E-state index is 0.00835. The summed E-state index contributed by atoms with van der Waals surface area (Å²) in [5.41, 5.74) is 2.00. The maximum absolute atomic E-state index is 13.3. The quantitative estimate of drug-likeness (QED) is 0.632. The summed E-state index contributed by atoms with van der Waals surface area (Å²) in [7, 11) is 0.